The third kappa shape index (κ3) is 6.25. The lowest BCUT2D eigenvalue weighted by atomic mass is 10.0. The Bertz CT molecular complexity index is 1240. The molecule has 4 rings (SSSR count). The Balaban J connectivity index is 1.32. The number of benzene rings is 2. The van der Waals surface area contributed by atoms with Gasteiger partial charge in [-0.2, -0.15) is 0 Å². The molecule has 0 radical (unpaired) electrons. The summed E-state index contributed by atoms with van der Waals surface area (Å²) in [5.74, 6) is -1.96. The van der Waals surface area contributed by atoms with Crippen LogP contribution < -0.4 is 5.32 Å². The van der Waals surface area contributed by atoms with Crippen molar-refractivity contribution in [3.8, 4) is 0 Å². The van der Waals surface area contributed by atoms with Crippen molar-refractivity contribution in [2.45, 2.75) is 44.1 Å². The van der Waals surface area contributed by atoms with Crippen LogP contribution in [0.4, 0.5) is 4.39 Å². The molecular formula is C26H25Cl2FN2O4S. The summed E-state index contributed by atoms with van der Waals surface area (Å²) in [6.07, 6.45) is -1.88. The first kappa shape index (κ1) is 26.6. The van der Waals surface area contributed by atoms with Gasteiger partial charge in [-0.15, -0.1) is 11.3 Å². The quantitative estimate of drug-likeness (QED) is 0.385. The lowest BCUT2D eigenvalue weighted by Crippen LogP contribution is -2.50. The maximum absolute atomic E-state index is 13.3. The number of hydrogen-bond acceptors (Lipinski definition) is 5. The van der Waals surface area contributed by atoms with Gasteiger partial charge in [0, 0.05) is 21.5 Å². The van der Waals surface area contributed by atoms with Crippen LogP contribution in [-0.2, 0) is 22.6 Å². The zero-order valence-electron chi connectivity index (χ0n) is 19.2. The van der Waals surface area contributed by atoms with E-state index in [1.807, 2.05) is 17.5 Å². The van der Waals surface area contributed by atoms with E-state index in [-0.39, 0.29) is 18.4 Å². The van der Waals surface area contributed by atoms with Crippen molar-refractivity contribution in [2.24, 2.45) is 0 Å². The maximum Gasteiger partial charge on any atom is 0.255 e. The molecule has 1 saturated heterocycles. The monoisotopic (exact) mass is 550 g/mol. The Labute approximate surface area is 222 Å². The fourth-order valence-electron chi connectivity index (χ4n) is 4.29. The van der Waals surface area contributed by atoms with Crippen LogP contribution in [-0.4, -0.2) is 45.7 Å². The van der Waals surface area contributed by atoms with Crippen LogP contribution >= 0.6 is 34.5 Å². The van der Waals surface area contributed by atoms with Gasteiger partial charge in [-0.25, -0.2) is 4.39 Å². The molecule has 1 aromatic heterocycles. The third-order valence-corrected chi connectivity index (χ3v) is 7.74. The highest BCUT2D eigenvalue weighted by molar-refractivity contribution is 7.10. The number of thiophene rings is 1. The topological polar surface area (TPSA) is 89.9 Å². The molecule has 1 unspecified atom stereocenters. The Morgan fingerprint density at radius 3 is 2.58 bits per heavy atom. The van der Waals surface area contributed by atoms with Gasteiger partial charge in [-0.05, 0) is 71.7 Å². The summed E-state index contributed by atoms with van der Waals surface area (Å²) in [5.41, 5.74) is 2.67. The molecule has 36 heavy (non-hydrogen) atoms. The second-order valence-electron chi connectivity index (χ2n) is 8.68. The van der Waals surface area contributed by atoms with E-state index in [1.54, 1.807) is 24.3 Å². The molecule has 10 heteroatoms. The van der Waals surface area contributed by atoms with E-state index in [0.717, 1.165) is 21.6 Å². The molecule has 3 N–H and O–H groups in total. The number of nitrogens with zero attached hydrogens (tertiary/aromatic N) is 1. The minimum atomic E-state index is -1.92. The largest absolute Gasteiger partial charge is 0.380 e. The second kappa shape index (κ2) is 11.7. The minimum Gasteiger partial charge on any atom is -0.380 e. The zero-order valence-corrected chi connectivity index (χ0v) is 21.5. The van der Waals surface area contributed by atoms with Crippen molar-refractivity contribution in [1.29, 1.82) is 0 Å². The fraction of sp³-hybridized carbons (Fsp3) is 0.308. The Kier molecular flexibility index (Phi) is 8.64. The molecule has 0 aliphatic carbocycles. The number of carbonyl (C=O) groups is 2. The molecule has 3 aromatic rings. The number of hydrogen-bond donors (Lipinski definition) is 3. The van der Waals surface area contributed by atoms with Gasteiger partial charge < -0.3 is 20.4 Å². The summed E-state index contributed by atoms with van der Waals surface area (Å²) < 4.78 is 13.3. The summed E-state index contributed by atoms with van der Waals surface area (Å²) in [4.78, 5) is 27.6. The van der Waals surface area contributed by atoms with Crippen LogP contribution in [0.1, 0.15) is 40.5 Å². The van der Waals surface area contributed by atoms with E-state index in [4.69, 9.17) is 23.2 Å². The Morgan fingerprint density at radius 1 is 1.11 bits per heavy atom. The Morgan fingerprint density at radius 2 is 1.86 bits per heavy atom. The number of amides is 2. The molecule has 0 saturated carbocycles. The molecule has 1 aliphatic rings. The molecule has 0 spiro atoms. The average Bonchev–Trinajstić information content (AvgIpc) is 3.53. The minimum absolute atomic E-state index is 0.137. The first-order valence-corrected chi connectivity index (χ1v) is 13.1. The number of carbonyl (C=O) groups excluding carboxylic acids is 2. The molecule has 2 aromatic carbocycles. The number of aliphatic hydroxyl groups excluding tert-OH is 2. The average molecular weight is 551 g/mol. The van der Waals surface area contributed by atoms with E-state index in [2.05, 4.69) is 5.32 Å². The van der Waals surface area contributed by atoms with Gasteiger partial charge in [0.1, 0.15) is 5.82 Å². The van der Waals surface area contributed by atoms with Crippen molar-refractivity contribution < 1.29 is 24.2 Å². The highest BCUT2D eigenvalue weighted by atomic mass is 35.5. The SMILES string of the molecule is O=C(NCc1cc(Cc2ccc(Cl)cc2Cl)cs1)[C@H](O)[C@@H](O)C(=O)N1CCCC1c1ccc(F)cc1. The van der Waals surface area contributed by atoms with E-state index in [0.29, 0.717) is 35.9 Å². The summed E-state index contributed by atoms with van der Waals surface area (Å²) in [5, 5.41) is 26.5. The predicted molar refractivity (Wildman–Crippen MR) is 138 cm³/mol. The first-order chi connectivity index (χ1) is 17.2. The zero-order chi connectivity index (χ0) is 25.8. The van der Waals surface area contributed by atoms with E-state index >= 15 is 0 Å². The van der Waals surface area contributed by atoms with Gasteiger partial charge in [0.25, 0.3) is 11.8 Å². The molecule has 0 bridgehead atoms. The third-order valence-electron chi connectivity index (χ3n) is 6.17. The van der Waals surface area contributed by atoms with Crippen LogP contribution in [0.25, 0.3) is 0 Å². The first-order valence-electron chi connectivity index (χ1n) is 11.4. The van der Waals surface area contributed by atoms with Crippen molar-refractivity contribution in [3.63, 3.8) is 0 Å². The lowest BCUT2D eigenvalue weighted by molar-refractivity contribution is -0.153. The van der Waals surface area contributed by atoms with Gasteiger partial charge >= 0.3 is 0 Å². The van der Waals surface area contributed by atoms with Gasteiger partial charge in [-0.1, -0.05) is 41.4 Å². The maximum atomic E-state index is 13.3. The van der Waals surface area contributed by atoms with Gasteiger partial charge in [0.15, 0.2) is 12.2 Å². The highest BCUT2D eigenvalue weighted by Gasteiger charge is 2.38. The summed E-state index contributed by atoms with van der Waals surface area (Å²) in [6, 6.07) is 12.7. The summed E-state index contributed by atoms with van der Waals surface area (Å²) in [6.45, 7) is 0.514. The lowest BCUT2D eigenvalue weighted by Gasteiger charge is -2.28. The molecule has 1 fully saturated rings. The normalized spacial score (nSPS) is 17.1. The molecule has 190 valence electrons. The number of halogens is 3. The van der Waals surface area contributed by atoms with Crippen molar-refractivity contribution in [1.82, 2.24) is 10.2 Å². The molecule has 1 aliphatic heterocycles. The fourth-order valence-corrected chi connectivity index (χ4v) is 5.59. The summed E-state index contributed by atoms with van der Waals surface area (Å²) in [7, 11) is 0. The van der Waals surface area contributed by atoms with Crippen LogP contribution in [0.2, 0.25) is 10.0 Å². The van der Waals surface area contributed by atoms with Crippen LogP contribution in [0.3, 0.4) is 0 Å². The second-order valence-corrected chi connectivity index (χ2v) is 10.5. The predicted octanol–water partition coefficient (Wildman–Crippen LogP) is 4.49. The molecule has 3 atom stereocenters. The van der Waals surface area contributed by atoms with Gasteiger partial charge in [-0.3, -0.25) is 9.59 Å². The standard InChI is InChI=1S/C26H25Cl2FN2O4S/c27-18-6-3-17(21(28)12-18)10-15-11-20(36-14-15)13-30-25(34)23(32)24(33)26(35)31-9-1-2-22(31)16-4-7-19(29)8-5-16/h3-8,11-12,14,22-24,32-33H,1-2,9-10,13H2,(H,30,34)/t22?,23-,24-/m1/s1. The van der Waals surface area contributed by atoms with Crippen molar-refractivity contribution >= 4 is 46.4 Å². The summed E-state index contributed by atoms with van der Waals surface area (Å²) >= 11 is 13.6. The van der Waals surface area contributed by atoms with Crippen molar-refractivity contribution in [2.75, 3.05) is 6.54 Å². The molecule has 2 amide bonds. The highest BCUT2D eigenvalue weighted by Crippen LogP contribution is 2.33. The van der Waals surface area contributed by atoms with Crippen molar-refractivity contribution in [3.05, 3.63) is 91.3 Å². The number of nitrogens with one attached hydrogen (secondary N) is 1. The van der Waals surface area contributed by atoms with Gasteiger partial charge in [0.2, 0.25) is 0 Å². The van der Waals surface area contributed by atoms with Crippen LogP contribution in [0.5, 0.6) is 0 Å². The van der Waals surface area contributed by atoms with E-state index in [9.17, 15) is 24.2 Å². The smallest absolute Gasteiger partial charge is 0.255 e. The van der Waals surface area contributed by atoms with E-state index in [1.165, 1.54) is 28.4 Å². The number of likely N-dealkylation sites (tertiary alicyclic amines) is 1. The van der Waals surface area contributed by atoms with E-state index < -0.39 is 24.0 Å². The van der Waals surface area contributed by atoms with Crippen LogP contribution in [0, 0.1) is 5.82 Å². The van der Waals surface area contributed by atoms with Crippen LogP contribution in [0.15, 0.2) is 53.9 Å². The van der Waals surface area contributed by atoms with Gasteiger partial charge in [0.05, 0.1) is 12.6 Å². The molecular weight excluding hydrogens is 526 g/mol. The molecule has 2 heterocycles. The number of rotatable bonds is 8. The Hall–Kier alpha value is -2.49. The number of aliphatic hydroxyl groups is 2. The molecule has 6 nitrogen and oxygen atoms in total.